The van der Waals surface area contributed by atoms with Gasteiger partial charge in [-0.3, -0.25) is 14.4 Å². The monoisotopic (exact) mass is 363 g/mol. The smallest absolute Gasteiger partial charge is 0.251 e. The molecule has 1 saturated heterocycles. The fourth-order valence-corrected chi connectivity index (χ4v) is 3.02. The fourth-order valence-electron chi connectivity index (χ4n) is 3.02. The van der Waals surface area contributed by atoms with Gasteiger partial charge in [-0.15, -0.1) is 0 Å². The number of amides is 3. The third-order valence-corrected chi connectivity index (χ3v) is 4.57. The molecular weight excluding hydrogens is 337 g/mol. The summed E-state index contributed by atoms with van der Waals surface area (Å²) < 4.78 is 13.5. The van der Waals surface area contributed by atoms with Gasteiger partial charge in [0.15, 0.2) is 0 Å². The van der Waals surface area contributed by atoms with E-state index < -0.39 is 17.8 Å². The van der Waals surface area contributed by atoms with E-state index in [1.807, 2.05) is 0 Å². The summed E-state index contributed by atoms with van der Waals surface area (Å²) >= 11 is 0. The van der Waals surface area contributed by atoms with Crippen LogP contribution in [0.5, 0.6) is 0 Å². The molecule has 7 heteroatoms. The molecule has 1 heterocycles. The van der Waals surface area contributed by atoms with Crippen molar-refractivity contribution in [2.24, 2.45) is 0 Å². The van der Waals surface area contributed by atoms with Crippen LogP contribution in [0.3, 0.4) is 0 Å². The van der Waals surface area contributed by atoms with Gasteiger partial charge in [-0.2, -0.15) is 0 Å². The van der Waals surface area contributed by atoms with Gasteiger partial charge in [0.1, 0.15) is 11.9 Å². The van der Waals surface area contributed by atoms with Gasteiger partial charge in [-0.1, -0.05) is 13.0 Å². The van der Waals surface area contributed by atoms with Crippen LogP contribution in [-0.4, -0.2) is 48.3 Å². The Morgan fingerprint density at radius 1 is 1.19 bits per heavy atom. The summed E-state index contributed by atoms with van der Waals surface area (Å²) in [7, 11) is 0. The highest BCUT2D eigenvalue weighted by Gasteiger charge is 2.30. The molecule has 0 aromatic heterocycles. The van der Waals surface area contributed by atoms with E-state index in [9.17, 15) is 18.8 Å². The summed E-state index contributed by atoms with van der Waals surface area (Å²) in [5.74, 6) is -1.02. The van der Waals surface area contributed by atoms with Gasteiger partial charge < -0.3 is 15.5 Å². The van der Waals surface area contributed by atoms with Crippen molar-refractivity contribution in [3.63, 3.8) is 0 Å². The highest BCUT2D eigenvalue weighted by Crippen LogP contribution is 2.18. The van der Waals surface area contributed by atoms with E-state index in [1.165, 1.54) is 6.07 Å². The van der Waals surface area contributed by atoms with Crippen LogP contribution in [-0.2, 0) is 9.59 Å². The number of nitrogens with zero attached hydrogens (tertiary/aromatic N) is 1. The van der Waals surface area contributed by atoms with Crippen molar-refractivity contribution in [2.45, 2.75) is 45.6 Å². The summed E-state index contributed by atoms with van der Waals surface area (Å²) in [4.78, 5) is 38.0. The Labute approximate surface area is 153 Å². The van der Waals surface area contributed by atoms with Gasteiger partial charge in [0.2, 0.25) is 11.8 Å². The second-order valence-corrected chi connectivity index (χ2v) is 6.46. The van der Waals surface area contributed by atoms with Crippen molar-refractivity contribution >= 4 is 17.7 Å². The first-order chi connectivity index (χ1) is 12.4. The van der Waals surface area contributed by atoms with Crippen molar-refractivity contribution in [1.82, 2.24) is 15.5 Å². The summed E-state index contributed by atoms with van der Waals surface area (Å²) in [6.07, 6.45) is 2.87. The molecule has 6 nitrogen and oxygen atoms in total. The Morgan fingerprint density at radius 2 is 1.92 bits per heavy atom. The van der Waals surface area contributed by atoms with Crippen LogP contribution in [0.1, 0.15) is 48.5 Å². The van der Waals surface area contributed by atoms with Crippen molar-refractivity contribution in [2.75, 3.05) is 19.6 Å². The predicted octanol–water partition coefficient (Wildman–Crippen LogP) is 1.77. The lowest BCUT2D eigenvalue weighted by molar-refractivity contribution is -0.142. The molecule has 1 aromatic rings. The number of nitrogens with one attached hydrogen (secondary N) is 2. The second-order valence-electron chi connectivity index (χ2n) is 6.46. The van der Waals surface area contributed by atoms with Crippen molar-refractivity contribution in [1.29, 1.82) is 0 Å². The molecule has 2 rings (SSSR count). The molecule has 0 bridgehead atoms. The Bertz CT molecular complexity index is 678. The van der Waals surface area contributed by atoms with Crippen LogP contribution < -0.4 is 10.6 Å². The molecule has 1 unspecified atom stereocenters. The molecule has 0 radical (unpaired) electrons. The number of halogens is 1. The number of hydrogen-bond donors (Lipinski definition) is 2. The van der Waals surface area contributed by atoms with E-state index in [-0.39, 0.29) is 30.5 Å². The SMILES string of the molecule is CCC(=O)N1CCCCC1C(=O)NCCNC(=O)c1ccc(C)c(F)c1. The maximum atomic E-state index is 13.5. The molecule has 0 saturated carbocycles. The standard InChI is InChI=1S/C19H26FN3O3/c1-3-17(24)23-11-5-4-6-16(23)19(26)22-10-9-21-18(25)14-8-7-13(2)15(20)12-14/h7-8,12,16H,3-6,9-11H2,1-2H3,(H,21,25)(H,22,26). The molecule has 1 aliphatic rings. The third kappa shape index (κ3) is 5.03. The van der Waals surface area contributed by atoms with Crippen LogP contribution in [0.4, 0.5) is 4.39 Å². The molecule has 0 spiro atoms. The molecule has 2 N–H and O–H groups in total. The molecular formula is C19H26FN3O3. The maximum absolute atomic E-state index is 13.5. The first kappa shape index (κ1) is 19.9. The summed E-state index contributed by atoms with van der Waals surface area (Å²) in [5, 5.41) is 5.42. The van der Waals surface area contributed by atoms with Gasteiger partial charge in [-0.25, -0.2) is 4.39 Å². The van der Waals surface area contributed by atoms with Crippen LogP contribution in [0.15, 0.2) is 18.2 Å². The molecule has 142 valence electrons. The largest absolute Gasteiger partial charge is 0.353 e. The molecule has 1 aliphatic heterocycles. The van der Waals surface area contributed by atoms with Gasteiger partial charge in [0.05, 0.1) is 0 Å². The number of carbonyl (C=O) groups excluding carboxylic acids is 3. The minimum absolute atomic E-state index is 0.0143. The second kappa shape index (κ2) is 9.31. The van der Waals surface area contributed by atoms with E-state index in [0.717, 1.165) is 12.8 Å². The van der Waals surface area contributed by atoms with Gasteiger partial charge in [0.25, 0.3) is 5.91 Å². The van der Waals surface area contributed by atoms with Crippen molar-refractivity contribution in [3.05, 3.63) is 35.1 Å². The molecule has 1 aromatic carbocycles. The topological polar surface area (TPSA) is 78.5 Å². The summed E-state index contributed by atoms with van der Waals surface area (Å²) in [6.45, 7) is 4.51. The molecule has 26 heavy (non-hydrogen) atoms. The normalized spacial score (nSPS) is 16.9. The maximum Gasteiger partial charge on any atom is 0.251 e. The average molecular weight is 363 g/mol. The number of aryl methyl sites for hydroxylation is 1. The Balaban J connectivity index is 1.79. The minimum Gasteiger partial charge on any atom is -0.353 e. The van der Waals surface area contributed by atoms with Gasteiger partial charge in [0, 0.05) is 31.6 Å². The lowest BCUT2D eigenvalue weighted by atomic mass is 10.0. The first-order valence-electron chi connectivity index (χ1n) is 9.05. The van der Waals surface area contributed by atoms with E-state index in [1.54, 1.807) is 30.9 Å². The molecule has 1 atom stereocenters. The van der Waals surface area contributed by atoms with Gasteiger partial charge in [-0.05, 0) is 43.9 Å². The lowest BCUT2D eigenvalue weighted by Gasteiger charge is -2.34. The molecule has 1 fully saturated rings. The highest BCUT2D eigenvalue weighted by molar-refractivity contribution is 5.94. The fraction of sp³-hybridized carbons (Fsp3) is 0.526. The Kier molecular flexibility index (Phi) is 7.12. The van der Waals surface area contributed by atoms with E-state index in [2.05, 4.69) is 10.6 Å². The predicted molar refractivity (Wildman–Crippen MR) is 96.1 cm³/mol. The first-order valence-corrected chi connectivity index (χ1v) is 9.05. The van der Waals surface area contributed by atoms with Gasteiger partial charge >= 0.3 is 0 Å². The zero-order valence-electron chi connectivity index (χ0n) is 15.3. The summed E-state index contributed by atoms with van der Waals surface area (Å²) in [6, 6.07) is 3.87. The number of carbonyl (C=O) groups is 3. The van der Waals surface area contributed by atoms with Crippen molar-refractivity contribution < 1.29 is 18.8 Å². The summed E-state index contributed by atoms with van der Waals surface area (Å²) in [5.41, 5.74) is 0.721. The zero-order valence-corrected chi connectivity index (χ0v) is 15.3. The van der Waals surface area contributed by atoms with E-state index >= 15 is 0 Å². The van der Waals surface area contributed by atoms with Crippen LogP contribution in [0.25, 0.3) is 0 Å². The lowest BCUT2D eigenvalue weighted by Crippen LogP contribution is -2.52. The number of benzene rings is 1. The highest BCUT2D eigenvalue weighted by atomic mass is 19.1. The van der Waals surface area contributed by atoms with E-state index in [4.69, 9.17) is 0 Å². The molecule has 0 aliphatic carbocycles. The Morgan fingerprint density at radius 3 is 2.62 bits per heavy atom. The molecule has 3 amide bonds. The average Bonchev–Trinajstić information content (AvgIpc) is 2.66. The number of likely N-dealkylation sites (tertiary alicyclic amines) is 1. The van der Waals surface area contributed by atoms with Crippen LogP contribution >= 0.6 is 0 Å². The van der Waals surface area contributed by atoms with Crippen molar-refractivity contribution in [3.8, 4) is 0 Å². The third-order valence-electron chi connectivity index (χ3n) is 4.57. The Hall–Kier alpha value is -2.44. The van der Waals surface area contributed by atoms with E-state index in [0.29, 0.717) is 24.9 Å². The zero-order chi connectivity index (χ0) is 19.1. The minimum atomic E-state index is -0.432. The van der Waals surface area contributed by atoms with Crippen LogP contribution in [0.2, 0.25) is 0 Å². The number of piperidine rings is 1. The number of rotatable bonds is 6. The van der Waals surface area contributed by atoms with Crippen LogP contribution in [0, 0.1) is 12.7 Å². The quantitative estimate of drug-likeness (QED) is 0.756. The number of hydrogen-bond acceptors (Lipinski definition) is 3.